The van der Waals surface area contributed by atoms with E-state index in [0.29, 0.717) is 0 Å². The molecule has 0 aliphatic rings. The zero-order valence-corrected chi connectivity index (χ0v) is 5.62. The SMILES string of the molecule is C=NC(N=C)=C(N=C)N=C. The summed E-state index contributed by atoms with van der Waals surface area (Å²) in [5, 5.41) is 0. The van der Waals surface area contributed by atoms with Gasteiger partial charge in [-0.3, -0.25) is 0 Å². The van der Waals surface area contributed by atoms with E-state index in [1.54, 1.807) is 0 Å². The summed E-state index contributed by atoms with van der Waals surface area (Å²) in [7, 11) is 0. The van der Waals surface area contributed by atoms with Crippen LogP contribution >= 0.6 is 0 Å². The lowest BCUT2D eigenvalue weighted by molar-refractivity contribution is 1.12. The summed E-state index contributed by atoms with van der Waals surface area (Å²) in [4.78, 5) is 13.9. The van der Waals surface area contributed by atoms with Crippen molar-refractivity contribution in [3.8, 4) is 0 Å². The van der Waals surface area contributed by atoms with Crippen molar-refractivity contribution >= 4 is 26.9 Å². The van der Waals surface area contributed by atoms with Gasteiger partial charge in [-0.2, -0.15) is 0 Å². The summed E-state index contributed by atoms with van der Waals surface area (Å²) in [5.41, 5.74) is 0. The lowest BCUT2D eigenvalue weighted by atomic mass is 10.6. The van der Waals surface area contributed by atoms with Crippen molar-refractivity contribution in [2.24, 2.45) is 20.0 Å². The van der Waals surface area contributed by atoms with Crippen molar-refractivity contribution in [1.29, 1.82) is 0 Å². The molecule has 0 heterocycles. The summed E-state index contributed by atoms with van der Waals surface area (Å²) in [6.07, 6.45) is 0. The molecule has 0 fully saturated rings. The molecule has 0 atom stereocenters. The second kappa shape index (κ2) is 4.31. The summed E-state index contributed by atoms with van der Waals surface area (Å²) in [5.74, 6) is 0.481. The molecule has 0 bridgehead atoms. The third-order valence-corrected chi connectivity index (χ3v) is 0.799. The molecule has 52 valence electrons. The van der Waals surface area contributed by atoms with Gasteiger partial charge in [0, 0.05) is 0 Å². The third-order valence-electron chi connectivity index (χ3n) is 0.799. The van der Waals surface area contributed by atoms with Crippen LogP contribution in [-0.4, -0.2) is 26.9 Å². The monoisotopic (exact) mass is 136 g/mol. The van der Waals surface area contributed by atoms with Crippen molar-refractivity contribution in [3.63, 3.8) is 0 Å². The Hall–Kier alpha value is -1.58. The average molecular weight is 136 g/mol. The highest BCUT2D eigenvalue weighted by Crippen LogP contribution is 2.07. The van der Waals surface area contributed by atoms with E-state index in [4.69, 9.17) is 0 Å². The van der Waals surface area contributed by atoms with Crippen LogP contribution in [0, 0.1) is 0 Å². The first-order valence-corrected chi connectivity index (χ1v) is 2.41. The minimum absolute atomic E-state index is 0.241. The van der Waals surface area contributed by atoms with Gasteiger partial charge in [-0.1, -0.05) is 0 Å². The van der Waals surface area contributed by atoms with Crippen molar-refractivity contribution in [2.45, 2.75) is 0 Å². The maximum Gasteiger partial charge on any atom is 0.196 e. The minimum Gasteiger partial charge on any atom is -0.242 e. The smallest absolute Gasteiger partial charge is 0.196 e. The molecule has 0 rings (SSSR count). The van der Waals surface area contributed by atoms with Crippen molar-refractivity contribution in [1.82, 2.24) is 0 Å². The van der Waals surface area contributed by atoms with Crippen LogP contribution in [0.15, 0.2) is 31.6 Å². The van der Waals surface area contributed by atoms with Crippen LogP contribution in [0.3, 0.4) is 0 Å². The predicted molar refractivity (Wildman–Crippen MR) is 45.2 cm³/mol. The second-order valence-corrected chi connectivity index (χ2v) is 1.28. The highest BCUT2D eigenvalue weighted by molar-refractivity contribution is 5.41. The Morgan fingerprint density at radius 3 is 0.900 bits per heavy atom. The van der Waals surface area contributed by atoms with E-state index in [2.05, 4.69) is 46.8 Å². The van der Waals surface area contributed by atoms with Gasteiger partial charge in [0.2, 0.25) is 0 Å². The van der Waals surface area contributed by atoms with Crippen molar-refractivity contribution in [2.75, 3.05) is 0 Å². The van der Waals surface area contributed by atoms with E-state index in [9.17, 15) is 0 Å². The Kier molecular flexibility index (Phi) is 3.63. The molecule has 0 saturated heterocycles. The Morgan fingerprint density at radius 2 is 0.800 bits per heavy atom. The normalized spacial score (nSPS) is 7.60. The van der Waals surface area contributed by atoms with Crippen LogP contribution < -0.4 is 0 Å². The molecule has 0 aromatic carbocycles. The fourth-order valence-corrected chi connectivity index (χ4v) is 0.383. The largest absolute Gasteiger partial charge is 0.242 e. The molecule has 4 heteroatoms. The molecule has 0 aromatic heterocycles. The Balaban J connectivity index is 4.85. The van der Waals surface area contributed by atoms with E-state index in [1.807, 2.05) is 0 Å². The molecule has 4 nitrogen and oxygen atoms in total. The lowest BCUT2D eigenvalue weighted by Crippen LogP contribution is -1.78. The topological polar surface area (TPSA) is 49.4 Å². The van der Waals surface area contributed by atoms with Crippen molar-refractivity contribution in [3.05, 3.63) is 11.6 Å². The maximum atomic E-state index is 3.48. The summed E-state index contributed by atoms with van der Waals surface area (Å²) < 4.78 is 0. The molecule has 0 aromatic rings. The summed E-state index contributed by atoms with van der Waals surface area (Å²) in [6, 6.07) is 0. The summed E-state index contributed by atoms with van der Waals surface area (Å²) >= 11 is 0. The van der Waals surface area contributed by atoms with Gasteiger partial charge in [-0.05, 0) is 26.9 Å². The van der Waals surface area contributed by atoms with Gasteiger partial charge in [0.1, 0.15) is 0 Å². The molecular formula is C6H8N4. The molecule has 0 spiro atoms. The van der Waals surface area contributed by atoms with Crippen LogP contribution in [0.1, 0.15) is 0 Å². The Morgan fingerprint density at radius 1 is 0.600 bits per heavy atom. The molecule has 0 aliphatic heterocycles. The van der Waals surface area contributed by atoms with Gasteiger partial charge in [-0.25, -0.2) is 20.0 Å². The quantitative estimate of drug-likeness (QED) is 0.516. The van der Waals surface area contributed by atoms with Crippen LogP contribution in [0.25, 0.3) is 0 Å². The van der Waals surface area contributed by atoms with Crippen molar-refractivity contribution < 1.29 is 0 Å². The highest BCUT2D eigenvalue weighted by Gasteiger charge is 1.95. The molecule has 0 N–H and O–H groups in total. The maximum absolute atomic E-state index is 3.48. The van der Waals surface area contributed by atoms with Gasteiger partial charge >= 0.3 is 0 Å². The molecule has 0 radical (unpaired) electrons. The molecule has 0 saturated carbocycles. The van der Waals surface area contributed by atoms with Crippen LogP contribution in [-0.2, 0) is 0 Å². The second-order valence-electron chi connectivity index (χ2n) is 1.28. The van der Waals surface area contributed by atoms with E-state index >= 15 is 0 Å². The molecule has 0 amide bonds. The van der Waals surface area contributed by atoms with Gasteiger partial charge < -0.3 is 0 Å². The van der Waals surface area contributed by atoms with Gasteiger partial charge in [0.15, 0.2) is 11.6 Å². The zero-order valence-electron chi connectivity index (χ0n) is 5.62. The van der Waals surface area contributed by atoms with Gasteiger partial charge in [-0.15, -0.1) is 0 Å². The number of rotatable bonds is 4. The lowest BCUT2D eigenvalue weighted by Gasteiger charge is -1.92. The van der Waals surface area contributed by atoms with Gasteiger partial charge in [0.05, 0.1) is 0 Å². The molecule has 10 heavy (non-hydrogen) atoms. The summed E-state index contributed by atoms with van der Waals surface area (Å²) in [6.45, 7) is 12.9. The number of nitrogens with zero attached hydrogens (tertiary/aromatic N) is 4. The standard InChI is InChI=1S/C6H8N4/c1-7-5(8-2)6(9-3)10-4/h1-4H2. The van der Waals surface area contributed by atoms with Crippen LogP contribution in [0.5, 0.6) is 0 Å². The van der Waals surface area contributed by atoms with E-state index in [1.165, 1.54) is 0 Å². The average Bonchev–Trinajstić information content (AvgIpc) is 2.00. The third kappa shape index (κ3) is 1.74. The first-order valence-electron chi connectivity index (χ1n) is 2.41. The molecular weight excluding hydrogens is 128 g/mol. The number of hydrogen-bond donors (Lipinski definition) is 0. The first kappa shape index (κ1) is 8.42. The molecule has 0 aliphatic carbocycles. The van der Waals surface area contributed by atoms with Crippen LogP contribution in [0.2, 0.25) is 0 Å². The van der Waals surface area contributed by atoms with Gasteiger partial charge in [0.25, 0.3) is 0 Å². The van der Waals surface area contributed by atoms with Crippen LogP contribution in [0.4, 0.5) is 0 Å². The number of aliphatic imine (C=N–C) groups is 4. The minimum atomic E-state index is 0.241. The molecule has 0 unspecified atom stereocenters. The first-order chi connectivity index (χ1) is 4.79. The zero-order chi connectivity index (χ0) is 7.98. The number of hydrogen-bond acceptors (Lipinski definition) is 4. The fraction of sp³-hybridized carbons (Fsp3) is 0. The highest BCUT2D eigenvalue weighted by atomic mass is 15.0. The van der Waals surface area contributed by atoms with E-state index in [0.717, 1.165) is 0 Å². The Labute approximate surface area is 59.5 Å². The van der Waals surface area contributed by atoms with E-state index < -0.39 is 0 Å². The fourth-order valence-electron chi connectivity index (χ4n) is 0.383. The van der Waals surface area contributed by atoms with E-state index in [-0.39, 0.29) is 11.6 Å². The predicted octanol–water partition coefficient (Wildman–Crippen LogP) is 0.915. The Bertz CT molecular complexity index is 160.